The monoisotopic (exact) mass is 367 g/mol. The normalized spacial score (nSPS) is 19.2. The summed E-state index contributed by atoms with van der Waals surface area (Å²) in [7, 11) is 0. The van der Waals surface area contributed by atoms with Crippen LogP contribution in [0.4, 0.5) is 11.4 Å². The number of anilines is 1. The van der Waals surface area contributed by atoms with Crippen molar-refractivity contribution in [2.24, 2.45) is 4.99 Å². The summed E-state index contributed by atoms with van der Waals surface area (Å²) < 4.78 is 0. The molecule has 2 aromatic carbocycles. The van der Waals surface area contributed by atoms with Gasteiger partial charge in [0.2, 0.25) is 0 Å². The predicted octanol–water partition coefficient (Wildman–Crippen LogP) is 4.25. The molecule has 2 aliphatic heterocycles. The average molecular weight is 368 g/mol. The van der Waals surface area contributed by atoms with Gasteiger partial charge < -0.3 is 15.7 Å². The van der Waals surface area contributed by atoms with Crippen molar-refractivity contribution >= 4 is 29.0 Å². The summed E-state index contributed by atoms with van der Waals surface area (Å²) in [6.07, 6.45) is 1.66. The highest BCUT2D eigenvalue weighted by molar-refractivity contribution is 7.99. The maximum Gasteiger partial charge on any atom is 0.128 e. The van der Waals surface area contributed by atoms with Crippen LogP contribution in [0.1, 0.15) is 37.0 Å². The van der Waals surface area contributed by atoms with E-state index in [4.69, 9.17) is 4.99 Å². The van der Waals surface area contributed by atoms with Crippen molar-refractivity contribution in [3.05, 3.63) is 59.7 Å². The molecule has 0 saturated carbocycles. The first-order valence-electron chi connectivity index (χ1n) is 9.22. The molecule has 1 atom stereocenters. The van der Waals surface area contributed by atoms with E-state index < -0.39 is 6.10 Å². The van der Waals surface area contributed by atoms with Crippen LogP contribution < -0.4 is 10.6 Å². The Balaban J connectivity index is 1.63. The van der Waals surface area contributed by atoms with E-state index in [1.165, 1.54) is 0 Å². The number of rotatable bonds is 3. The molecule has 3 N–H and O–H groups in total. The van der Waals surface area contributed by atoms with Crippen molar-refractivity contribution in [2.75, 3.05) is 16.8 Å². The highest BCUT2D eigenvalue weighted by atomic mass is 32.2. The zero-order valence-electron chi connectivity index (χ0n) is 15.0. The van der Waals surface area contributed by atoms with Crippen LogP contribution in [0, 0.1) is 0 Å². The third-order valence-corrected chi connectivity index (χ3v) is 6.25. The van der Waals surface area contributed by atoms with Crippen LogP contribution in [0.15, 0.2) is 53.5 Å². The highest BCUT2D eigenvalue weighted by Gasteiger charge is 2.40. The lowest BCUT2D eigenvalue weighted by atomic mass is 9.88. The smallest absolute Gasteiger partial charge is 0.128 e. The van der Waals surface area contributed by atoms with E-state index in [0.29, 0.717) is 6.54 Å². The molecule has 5 heteroatoms. The Morgan fingerprint density at radius 3 is 2.69 bits per heavy atom. The van der Waals surface area contributed by atoms with Gasteiger partial charge in [-0.05, 0) is 54.5 Å². The molecule has 0 amide bonds. The maximum atomic E-state index is 10.0. The summed E-state index contributed by atoms with van der Waals surface area (Å²) in [6.45, 7) is 2.48. The van der Waals surface area contributed by atoms with Crippen LogP contribution in [0.2, 0.25) is 0 Å². The number of nitrogens with zero attached hydrogens (tertiary/aromatic N) is 1. The van der Waals surface area contributed by atoms with Crippen LogP contribution >= 0.6 is 11.8 Å². The fourth-order valence-electron chi connectivity index (χ4n) is 3.79. The van der Waals surface area contributed by atoms with E-state index in [2.05, 4.69) is 34.9 Å². The quantitative estimate of drug-likeness (QED) is 0.759. The predicted molar refractivity (Wildman–Crippen MR) is 110 cm³/mol. The van der Waals surface area contributed by atoms with E-state index in [9.17, 15) is 5.11 Å². The summed E-state index contributed by atoms with van der Waals surface area (Å²) in [5.74, 6) is 3.30. The van der Waals surface area contributed by atoms with Gasteiger partial charge in [-0.15, -0.1) is 0 Å². The fourth-order valence-corrected chi connectivity index (χ4v) is 4.98. The van der Waals surface area contributed by atoms with Crippen molar-refractivity contribution in [3.8, 4) is 0 Å². The topological polar surface area (TPSA) is 56.6 Å². The van der Waals surface area contributed by atoms with Gasteiger partial charge in [0.15, 0.2) is 0 Å². The Hall–Kier alpha value is -1.98. The lowest BCUT2D eigenvalue weighted by Gasteiger charge is -2.42. The van der Waals surface area contributed by atoms with Crippen LogP contribution in [0.5, 0.6) is 0 Å². The molecule has 4 nitrogen and oxygen atoms in total. The minimum absolute atomic E-state index is 0.112. The van der Waals surface area contributed by atoms with Crippen molar-refractivity contribution < 1.29 is 5.11 Å². The largest absolute Gasteiger partial charge is 0.389 e. The second-order valence-electron chi connectivity index (χ2n) is 7.03. The van der Waals surface area contributed by atoms with Gasteiger partial charge in [-0.2, -0.15) is 11.8 Å². The van der Waals surface area contributed by atoms with Gasteiger partial charge in [0.25, 0.3) is 0 Å². The van der Waals surface area contributed by atoms with E-state index in [1.54, 1.807) is 0 Å². The Morgan fingerprint density at radius 2 is 1.88 bits per heavy atom. The number of hydrogen-bond donors (Lipinski definition) is 3. The number of para-hydroxylation sites is 2. The van der Waals surface area contributed by atoms with Crippen LogP contribution in [0.3, 0.4) is 0 Å². The molecule has 2 aromatic rings. The van der Waals surface area contributed by atoms with Gasteiger partial charge in [0.05, 0.1) is 23.0 Å². The fraction of sp³-hybridized carbons (Fsp3) is 0.381. The number of aliphatic imine (C=N–C) groups is 1. The summed E-state index contributed by atoms with van der Waals surface area (Å²) in [6, 6.07) is 16.3. The minimum atomic E-state index is -0.472. The number of hydrogen-bond acceptors (Lipinski definition) is 5. The zero-order chi connectivity index (χ0) is 18.0. The van der Waals surface area contributed by atoms with Crippen molar-refractivity contribution in [1.29, 1.82) is 0 Å². The molecular weight excluding hydrogens is 342 g/mol. The summed E-state index contributed by atoms with van der Waals surface area (Å²) in [5, 5.41) is 17.4. The van der Waals surface area contributed by atoms with Gasteiger partial charge in [-0.1, -0.05) is 36.4 Å². The van der Waals surface area contributed by atoms with Crippen molar-refractivity contribution in [2.45, 2.75) is 38.0 Å². The van der Waals surface area contributed by atoms with Crippen LogP contribution in [0.25, 0.3) is 0 Å². The molecule has 0 bridgehead atoms. The van der Waals surface area contributed by atoms with E-state index in [-0.39, 0.29) is 5.54 Å². The third-order valence-electron chi connectivity index (χ3n) is 5.26. The molecule has 1 saturated heterocycles. The molecule has 136 valence electrons. The molecule has 2 heterocycles. The highest BCUT2D eigenvalue weighted by Crippen LogP contribution is 2.39. The Labute approximate surface area is 159 Å². The minimum Gasteiger partial charge on any atom is -0.389 e. The zero-order valence-corrected chi connectivity index (χ0v) is 15.9. The van der Waals surface area contributed by atoms with Gasteiger partial charge >= 0.3 is 0 Å². The second kappa shape index (κ2) is 7.33. The first-order valence-corrected chi connectivity index (χ1v) is 10.4. The van der Waals surface area contributed by atoms with Crippen molar-refractivity contribution in [3.63, 3.8) is 0 Å². The van der Waals surface area contributed by atoms with E-state index >= 15 is 0 Å². The molecule has 0 radical (unpaired) electrons. The van der Waals surface area contributed by atoms with E-state index in [1.807, 2.05) is 43.0 Å². The maximum absolute atomic E-state index is 10.0. The number of aliphatic hydroxyl groups is 1. The molecule has 1 unspecified atom stereocenters. The first-order chi connectivity index (χ1) is 12.7. The average Bonchev–Trinajstić information content (AvgIpc) is 2.67. The molecule has 1 fully saturated rings. The van der Waals surface area contributed by atoms with Crippen molar-refractivity contribution in [1.82, 2.24) is 5.32 Å². The molecular formula is C21H25N3OS. The lowest BCUT2D eigenvalue weighted by molar-refractivity contribution is 0.198. The second-order valence-corrected chi connectivity index (χ2v) is 8.25. The lowest BCUT2D eigenvalue weighted by Crippen LogP contribution is -2.55. The summed E-state index contributed by atoms with van der Waals surface area (Å²) >= 11 is 2.01. The number of thioether (sulfide) groups is 1. The molecule has 0 aliphatic carbocycles. The van der Waals surface area contributed by atoms with Gasteiger partial charge in [0.1, 0.15) is 5.84 Å². The summed E-state index contributed by atoms with van der Waals surface area (Å²) in [4.78, 5) is 4.98. The third kappa shape index (κ3) is 3.33. The number of benzene rings is 2. The van der Waals surface area contributed by atoms with Gasteiger partial charge in [-0.3, -0.25) is 0 Å². The number of fused-ring (bicyclic) bond motifs is 1. The Kier molecular flexibility index (Phi) is 4.92. The molecule has 4 rings (SSSR count). The molecule has 0 aromatic heterocycles. The van der Waals surface area contributed by atoms with Crippen LogP contribution in [-0.4, -0.2) is 28.0 Å². The number of nitrogens with one attached hydrogen (secondary N) is 2. The van der Waals surface area contributed by atoms with Gasteiger partial charge in [-0.25, -0.2) is 4.99 Å². The van der Waals surface area contributed by atoms with Crippen LogP contribution in [-0.2, 0) is 6.54 Å². The standard InChI is InChI=1S/C21H25N3OS/c1-15(25)17-7-3-2-6-16(17)14-22-20-21(10-12-26-13-11-21)24-19-9-5-4-8-18(19)23-20/h2-9,15,24-25H,10-14H2,1H3,(H,22,23). The molecule has 2 aliphatic rings. The van der Waals surface area contributed by atoms with Gasteiger partial charge in [0, 0.05) is 6.54 Å². The molecule has 26 heavy (non-hydrogen) atoms. The first kappa shape index (κ1) is 17.4. The summed E-state index contributed by atoms with van der Waals surface area (Å²) in [5.41, 5.74) is 4.08. The Bertz CT molecular complexity index is 812. The SMILES string of the molecule is CC(O)c1ccccc1CNC1=Nc2ccccc2NC12CCSCC2. The number of aliphatic hydroxyl groups excluding tert-OH is 1. The Morgan fingerprint density at radius 1 is 1.15 bits per heavy atom. The van der Waals surface area contributed by atoms with E-state index in [0.717, 1.165) is 52.7 Å². The molecule has 1 spiro atoms. The number of amidine groups is 1.